The zero-order valence-electron chi connectivity index (χ0n) is 12.6. The van der Waals surface area contributed by atoms with Gasteiger partial charge in [-0.3, -0.25) is 4.79 Å². The van der Waals surface area contributed by atoms with Crippen LogP contribution in [0.1, 0.15) is 24.5 Å². The summed E-state index contributed by atoms with van der Waals surface area (Å²) in [6.07, 6.45) is 2.77. The van der Waals surface area contributed by atoms with Gasteiger partial charge in [-0.15, -0.1) is 0 Å². The van der Waals surface area contributed by atoms with E-state index in [0.717, 1.165) is 29.8 Å². The third-order valence-corrected chi connectivity index (χ3v) is 3.41. The lowest BCUT2D eigenvalue weighted by Crippen LogP contribution is -2.26. The molecule has 0 aliphatic heterocycles. The van der Waals surface area contributed by atoms with Crippen LogP contribution in [0.3, 0.4) is 0 Å². The van der Waals surface area contributed by atoms with Gasteiger partial charge in [-0.25, -0.2) is 4.68 Å². The number of hydrogen-bond acceptors (Lipinski definition) is 4. The fraction of sp³-hybridized carbons (Fsp3) is 0.375. The molecule has 0 spiro atoms. The summed E-state index contributed by atoms with van der Waals surface area (Å²) < 4.78 is 1.47. The van der Waals surface area contributed by atoms with Crippen LogP contribution in [0.4, 0.5) is 5.69 Å². The molecule has 2 N–H and O–H groups in total. The molecular formula is C16H22N4O. The third kappa shape index (κ3) is 3.92. The van der Waals surface area contributed by atoms with Gasteiger partial charge in [-0.1, -0.05) is 31.2 Å². The van der Waals surface area contributed by atoms with Crippen molar-refractivity contribution in [2.75, 3.05) is 18.5 Å². The predicted molar refractivity (Wildman–Crippen MR) is 85.5 cm³/mol. The molecule has 0 amide bonds. The van der Waals surface area contributed by atoms with Crippen LogP contribution in [0.25, 0.3) is 0 Å². The lowest BCUT2D eigenvalue weighted by atomic mass is 10.1. The molecule has 112 valence electrons. The summed E-state index contributed by atoms with van der Waals surface area (Å²) >= 11 is 0. The fourth-order valence-electron chi connectivity index (χ4n) is 2.24. The molecule has 1 heterocycles. The first-order chi connectivity index (χ1) is 10.1. The molecule has 0 radical (unpaired) electrons. The van der Waals surface area contributed by atoms with E-state index in [2.05, 4.69) is 12.0 Å². The Hall–Kier alpha value is -2.14. The molecule has 1 aromatic heterocycles. The Morgan fingerprint density at radius 1 is 1.29 bits per heavy atom. The summed E-state index contributed by atoms with van der Waals surface area (Å²) in [5, 5.41) is 4.26. The Bertz CT molecular complexity index is 651. The van der Waals surface area contributed by atoms with Crippen LogP contribution >= 0.6 is 0 Å². The molecule has 5 nitrogen and oxygen atoms in total. The second-order valence-corrected chi connectivity index (χ2v) is 5.16. The number of aromatic nitrogens is 2. The number of hydrogen-bond donors (Lipinski definition) is 1. The van der Waals surface area contributed by atoms with Gasteiger partial charge in [0, 0.05) is 26.2 Å². The highest BCUT2D eigenvalue weighted by Gasteiger charge is 2.05. The normalized spacial score (nSPS) is 10.6. The first-order valence-electron chi connectivity index (χ1n) is 7.20. The van der Waals surface area contributed by atoms with Crippen LogP contribution in [-0.4, -0.2) is 23.4 Å². The van der Waals surface area contributed by atoms with E-state index in [0.29, 0.717) is 13.1 Å². The van der Waals surface area contributed by atoms with Crippen molar-refractivity contribution in [3.8, 4) is 0 Å². The molecular weight excluding hydrogens is 264 g/mol. The van der Waals surface area contributed by atoms with E-state index >= 15 is 0 Å². The maximum atomic E-state index is 12.2. The van der Waals surface area contributed by atoms with Gasteiger partial charge in [0.05, 0.1) is 18.4 Å². The number of benzene rings is 1. The van der Waals surface area contributed by atoms with Crippen molar-refractivity contribution < 1.29 is 0 Å². The average molecular weight is 286 g/mol. The SMILES string of the molecule is CCCN(C)c1cnn(Cc2cccc(CN)c2)c(=O)c1. The van der Waals surface area contributed by atoms with Crippen molar-refractivity contribution in [3.05, 3.63) is 58.0 Å². The summed E-state index contributed by atoms with van der Waals surface area (Å²) in [7, 11) is 1.97. The molecule has 0 saturated heterocycles. The molecule has 0 unspecified atom stereocenters. The smallest absolute Gasteiger partial charge is 0.269 e. The topological polar surface area (TPSA) is 64.2 Å². The summed E-state index contributed by atoms with van der Waals surface area (Å²) in [6, 6.07) is 9.54. The molecule has 1 aromatic carbocycles. The van der Waals surface area contributed by atoms with Crippen LogP contribution in [0, 0.1) is 0 Å². The van der Waals surface area contributed by atoms with Gasteiger partial charge >= 0.3 is 0 Å². The van der Waals surface area contributed by atoms with Gasteiger partial charge < -0.3 is 10.6 Å². The van der Waals surface area contributed by atoms with Gasteiger partial charge in [-0.2, -0.15) is 5.10 Å². The molecule has 0 aliphatic carbocycles. The van der Waals surface area contributed by atoms with Crippen LogP contribution in [0.15, 0.2) is 41.3 Å². The zero-order chi connectivity index (χ0) is 15.2. The molecule has 21 heavy (non-hydrogen) atoms. The van der Waals surface area contributed by atoms with Crippen LogP contribution in [-0.2, 0) is 13.1 Å². The molecule has 0 saturated carbocycles. The summed E-state index contributed by atoms with van der Waals surface area (Å²) in [5.41, 5.74) is 8.49. The quantitative estimate of drug-likeness (QED) is 0.876. The summed E-state index contributed by atoms with van der Waals surface area (Å²) in [6.45, 7) is 3.97. The van der Waals surface area contributed by atoms with Crippen LogP contribution < -0.4 is 16.2 Å². The fourth-order valence-corrected chi connectivity index (χ4v) is 2.24. The van der Waals surface area contributed by atoms with Gasteiger partial charge in [0.2, 0.25) is 0 Å². The van der Waals surface area contributed by atoms with E-state index in [4.69, 9.17) is 5.73 Å². The summed E-state index contributed by atoms with van der Waals surface area (Å²) in [4.78, 5) is 14.2. The number of nitrogens with zero attached hydrogens (tertiary/aromatic N) is 3. The minimum atomic E-state index is -0.0893. The first kappa shape index (κ1) is 15.3. The minimum Gasteiger partial charge on any atom is -0.373 e. The molecule has 0 atom stereocenters. The van der Waals surface area contributed by atoms with Crippen molar-refractivity contribution in [1.29, 1.82) is 0 Å². The first-order valence-corrected chi connectivity index (χ1v) is 7.20. The standard InChI is InChI=1S/C16H22N4O/c1-3-7-19(2)15-9-16(21)20(18-11-15)12-14-6-4-5-13(8-14)10-17/h4-6,8-9,11H,3,7,10,12,17H2,1-2H3. The Balaban J connectivity index is 2.19. The van der Waals surface area contributed by atoms with Gasteiger partial charge in [0.15, 0.2) is 0 Å². The van der Waals surface area contributed by atoms with Crippen molar-refractivity contribution >= 4 is 5.69 Å². The maximum Gasteiger partial charge on any atom is 0.269 e. The lowest BCUT2D eigenvalue weighted by molar-refractivity contribution is 0.636. The lowest BCUT2D eigenvalue weighted by Gasteiger charge is -2.17. The van der Waals surface area contributed by atoms with E-state index in [1.807, 2.05) is 36.2 Å². The van der Waals surface area contributed by atoms with E-state index < -0.39 is 0 Å². The van der Waals surface area contributed by atoms with Crippen molar-refractivity contribution in [1.82, 2.24) is 9.78 Å². The molecule has 2 aromatic rings. The van der Waals surface area contributed by atoms with E-state index in [9.17, 15) is 4.79 Å². The van der Waals surface area contributed by atoms with E-state index in [1.165, 1.54) is 4.68 Å². The molecule has 0 bridgehead atoms. The van der Waals surface area contributed by atoms with Crippen molar-refractivity contribution in [2.24, 2.45) is 5.73 Å². The monoisotopic (exact) mass is 286 g/mol. The Labute approximate surface area is 125 Å². The van der Waals surface area contributed by atoms with Crippen LogP contribution in [0.5, 0.6) is 0 Å². The Morgan fingerprint density at radius 3 is 2.71 bits per heavy atom. The Kier molecular flexibility index (Phi) is 5.11. The van der Waals surface area contributed by atoms with Gasteiger partial charge in [0.25, 0.3) is 5.56 Å². The molecule has 0 aliphatic rings. The highest BCUT2D eigenvalue weighted by atomic mass is 16.1. The van der Waals surface area contributed by atoms with Crippen LogP contribution in [0.2, 0.25) is 0 Å². The number of nitrogens with two attached hydrogens (primary N) is 1. The third-order valence-electron chi connectivity index (χ3n) is 3.41. The largest absolute Gasteiger partial charge is 0.373 e. The van der Waals surface area contributed by atoms with Crippen molar-refractivity contribution in [2.45, 2.75) is 26.4 Å². The number of anilines is 1. The summed E-state index contributed by atoms with van der Waals surface area (Å²) in [5.74, 6) is 0. The highest BCUT2D eigenvalue weighted by molar-refractivity contribution is 5.41. The zero-order valence-corrected chi connectivity index (χ0v) is 12.6. The van der Waals surface area contributed by atoms with E-state index in [1.54, 1.807) is 12.3 Å². The highest BCUT2D eigenvalue weighted by Crippen LogP contribution is 2.09. The van der Waals surface area contributed by atoms with E-state index in [-0.39, 0.29) is 5.56 Å². The Morgan fingerprint density at radius 2 is 2.05 bits per heavy atom. The predicted octanol–water partition coefficient (Wildman–Crippen LogP) is 1.60. The molecule has 0 fully saturated rings. The molecule has 2 rings (SSSR count). The second kappa shape index (κ2) is 7.04. The average Bonchev–Trinajstić information content (AvgIpc) is 2.49. The van der Waals surface area contributed by atoms with Crippen molar-refractivity contribution in [3.63, 3.8) is 0 Å². The molecule has 5 heteroatoms. The van der Waals surface area contributed by atoms with Gasteiger partial charge in [-0.05, 0) is 17.5 Å². The second-order valence-electron chi connectivity index (χ2n) is 5.16. The number of rotatable bonds is 6. The minimum absolute atomic E-state index is 0.0893. The maximum absolute atomic E-state index is 12.2. The van der Waals surface area contributed by atoms with Gasteiger partial charge in [0.1, 0.15) is 0 Å².